The van der Waals surface area contributed by atoms with Crippen LogP contribution in [0, 0.1) is 12.8 Å². The minimum Gasteiger partial charge on any atom is -0.493 e. The number of furan rings is 1. The average molecular weight is 373 g/mol. The number of piperidine rings is 1. The fraction of sp³-hybridized carbons (Fsp3) is 0.500. The van der Waals surface area contributed by atoms with Gasteiger partial charge in [-0.3, -0.25) is 14.7 Å². The van der Waals surface area contributed by atoms with Crippen LogP contribution in [-0.2, 0) is 6.54 Å². The van der Waals surface area contributed by atoms with E-state index in [-0.39, 0.29) is 5.91 Å². The molecule has 27 heavy (non-hydrogen) atoms. The van der Waals surface area contributed by atoms with Gasteiger partial charge in [0.15, 0.2) is 17.3 Å². The summed E-state index contributed by atoms with van der Waals surface area (Å²) < 4.78 is 16.1. The number of carbonyl (C=O) groups excluding carboxylic acids is 1. The maximum atomic E-state index is 12.2. The molecule has 1 atom stereocenters. The molecule has 1 amide bonds. The van der Waals surface area contributed by atoms with Gasteiger partial charge in [0.2, 0.25) is 0 Å². The Kier molecular flexibility index (Phi) is 6.34. The van der Waals surface area contributed by atoms with Crippen LogP contribution < -0.4 is 14.8 Å². The third kappa shape index (κ3) is 4.60. The summed E-state index contributed by atoms with van der Waals surface area (Å²) in [5.41, 5.74) is 1.72. The van der Waals surface area contributed by atoms with E-state index in [1.54, 1.807) is 38.8 Å². The molecule has 1 saturated heterocycles. The second-order valence-corrected chi connectivity index (χ2v) is 6.88. The molecule has 7 nitrogen and oxygen atoms in total. The summed E-state index contributed by atoms with van der Waals surface area (Å²) in [6.07, 6.45) is 5.47. The summed E-state index contributed by atoms with van der Waals surface area (Å²) in [4.78, 5) is 19.1. The van der Waals surface area contributed by atoms with Gasteiger partial charge in [-0.2, -0.15) is 0 Å². The number of ether oxygens (including phenoxy) is 2. The van der Waals surface area contributed by atoms with Crippen molar-refractivity contribution in [2.24, 2.45) is 5.92 Å². The summed E-state index contributed by atoms with van der Waals surface area (Å²) in [6, 6.07) is 3.60. The highest BCUT2D eigenvalue weighted by Crippen LogP contribution is 2.30. The van der Waals surface area contributed by atoms with Gasteiger partial charge in [-0.15, -0.1) is 0 Å². The van der Waals surface area contributed by atoms with Crippen LogP contribution in [0.15, 0.2) is 29.0 Å². The molecule has 0 radical (unpaired) electrons. The van der Waals surface area contributed by atoms with Crippen LogP contribution in [0.5, 0.6) is 11.5 Å². The molecular formula is C20H27N3O4. The number of aryl methyl sites for hydroxylation is 1. The first-order chi connectivity index (χ1) is 13.1. The van der Waals surface area contributed by atoms with E-state index in [9.17, 15) is 4.79 Å². The van der Waals surface area contributed by atoms with Gasteiger partial charge in [-0.05, 0) is 38.3 Å². The molecule has 0 aliphatic carbocycles. The number of aromatic nitrogens is 1. The lowest BCUT2D eigenvalue weighted by atomic mass is 9.97. The molecule has 3 rings (SSSR count). The quantitative estimate of drug-likeness (QED) is 0.804. The minimum atomic E-state index is -0.147. The standard InChI is InChI=1S/C20H27N3O4/c1-14-7-10-27-18(14)20(24)22-11-15-5-4-9-23(12-15)13-16-19(26-3)17(25-2)6-8-21-16/h6-8,10,15H,4-5,9,11-13H2,1-3H3,(H,22,24). The Balaban J connectivity index is 1.57. The lowest BCUT2D eigenvalue weighted by Crippen LogP contribution is -2.40. The molecule has 0 aromatic carbocycles. The van der Waals surface area contributed by atoms with Gasteiger partial charge in [0.05, 0.1) is 20.5 Å². The van der Waals surface area contributed by atoms with E-state index in [0.29, 0.717) is 36.3 Å². The Morgan fingerprint density at radius 3 is 2.93 bits per heavy atom. The third-order valence-corrected chi connectivity index (χ3v) is 4.96. The van der Waals surface area contributed by atoms with E-state index in [1.807, 2.05) is 6.92 Å². The topological polar surface area (TPSA) is 76.8 Å². The number of hydrogen-bond donors (Lipinski definition) is 1. The van der Waals surface area contributed by atoms with Gasteiger partial charge in [0.25, 0.3) is 5.91 Å². The molecular weight excluding hydrogens is 346 g/mol. The molecule has 146 valence electrons. The minimum absolute atomic E-state index is 0.147. The lowest BCUT2D eigenvalue weighted by molar-refractivity contribution is 0.0901. The molecule has 1 aliphatic rings. The largest absolute Gasteiger partial charge is 0.493 e. The van der Waals surface area contributed by atoms with Crippen LogP contribution >= 0.6 is 0 Å². The highest BCUT2D eigenvalue weighted by atomic mass is 16.5. The number of methoxy groups -OCH3 is 2. The molecule has 0 saturated carbocycles. The fourth-order valence-electron chi connectivity index (χ4n) is 3.56. The monoisotopic (exact) mass is 373 g/mol. The van der Waals surface area contributed by atoms with Crippen LogP contribution in [0.1, 0.15) is 34.7 Å². The van der Waals surface area contributed by atoms with Crippen molar-refractivity contribution in [2.75, 3.05) is 33.9 Å². The summed E-state index contributed by atoms with van der Waals surface area (Å²) in [6.45, 7) is 5.11. The lowest BCUT2D eigenvalue weighted by Gasteiger charge is -2.32. The Hall–Kier alpha value is -2.54. The first kappa shape index (κ1) is 19.2. The molecule has 0 bridgehead atoms. The number of hydrogen-bond acceptors (Lipinski definition) is 6. The Morgan fingerprint density at radius 2 is 2.22 bits per heavy atom. The van der Waals surface area contributed by atoms with Crippen molar-refractivity contribution in [3.8, 4) is 11.5 Å². The SMILES string of the molecule is COc1ccnc(CN2CCCC(CNC(=O)c3occc3C)C2)c1OC. The van der Waals surface area contributed by atoms with Gasteiger partial charge in [-0.25, -0.2) is 0 Å². The summed E-state index contributed by atoms with van der Waals surface area (Å²) in [5, 5.41) is 3.00. The molecule has 3 heterocycles. The van der Waals surface area contributed by atoms with E-state index >= 15 is 0 Å². The van der Waals surface area contributed by atoms with Gasteiger partial charge in [0.1, 0.15) is 5.69 Å². The van der Waals surface area contributed by atoms with E-state index in [2.05, 4.69) is 15.2 Å². The van der Waals surface area contributed by atoms with Gasteiger partial charge < -0.3 is 19.2 Å². The van der Waals surface area contributed by atoms with Crippen molar-refractivity contribution in [2.45, 2.75) is 26.3 Å². The first-order valence-corrected chi connectivity index (χ1v) is 9.23. The van der Waals surface area contributed by atoms with Crippen molar-refractivity contribution in [1.29, 1.82) is 0 Å². The predicted molar refractivity (Wildman–Crippen MR) is 101 cm³/mol. The summed E-state index contributed by atoms with van der Waals surface area (Å²) in [7, 11) is 3.26. The highest BCUT2D eigenvalue weighted by Gasteiger charge is 2.23. The summed E-state index contributed by atoms with van der Waals surface area (Å²) >= 11 is 0. The number of rotatable bonds is 7. The fourth-order valence-corrected chi connectivity index (χ4v) is 3.56. The predicted octanol–water partition coefficient (Wildman–Crippen LogP) is 2.64. The Morgan fingerprint density at radius 1 is 1.37 bits per heavy atom. The first-order valence-electron chi connectivity index (χ1n) is 9.23. The molecule has 0 spiro atoms. The number of pyridine rings is 1. The number of nitrogens with one attached hydrogen (secondary N) is 1. The Labute approximate surface area is 159 Å². The summed E-state index contributed by atoms with van der Waals surface area (Å²) in [5.74, 6) is 2.02. The zero-order chi connectivity index (χ0) is 19.2. The molecule has 1 N–H and O–H groups in total. The number of amides is 1. The second-order valence-electron chi connectivity index (χ2n) is 6.88. The normalized spacial score (nSPS) is 17.5. The van der Waals surface area contributed by atoms with Crippen LogP contribution in [0.4, 0.5) is 0 Å². The smallest absolute Gasteiger partial charge is 0.287 e. The average Bonchev–Trinajstić information content (AvgIpc) is 3.12. The van der Waals surface area contributed by atoms with Gasteiger partial charge in [0, 0.05) is 37.5 Å². The van der Waals surface area contributed by atoms with Crippen LogP contribution in [0.25, 0.3) is 0 Å². The van der Waals surface area contributed by atoms with Crippen LogP contribution in [-0.4, -0.2) is 49.6 Å². The van der Waals surface area contributed by atoms with Crippen molar-refractivity contribution < 1.29 is 18.7 Å². The van der Waals surface area contributed by atoms with Gasteiger partial charge in [-0.1, -0.05) is 0 Å². The van der Waals surface area contributed by atoms with E-state index in [1.165, 1.54) is 0 Å². The van der Waals surface area contributed by atoms with E-state index < -0.39 is 0 Å². The third-order valence-electron chi connectivity index (χ3n) is 4.96. The molecule has 2 aromatic rings. The molecule has 1 aliphatic heterocycles. The molecule has 1 unspecified atom stereocenters. The van der Waals surface area contributed by atoms with Crippen molar-refractivity contribution in [3.63, 3.8) is 0 Å². The second kappa shape index (κ2) is 8.90. The number of carbonyl (C=O) groups is 1. The zero-order valence-corrected chi connectivity index (χ0v) is 16.2. The number of likely N-dealkylation sites (tertiary alicyclic amines) is 1. The van der Waals surface area contributed by atoms with E-state index in [4.69, 9.17) is 13.9 Å². The van der Waals surface area contributed by atoms with Crippen molar-refractivity contribution in [1.82, 2.24) is 15.2 Å². The van der Waals surface area contributed by atoms with Crippen molar-refractivity contribution in [3.05, 3.63) is 41.6 Å². The van der Waals surface area contributed by atoms with Crippen molar-refractivity contribution >= 4 is 5.91 Å². The van der Waals surface area contributed by atoms with E-state index in [0.717, 1.165) is 37.2 Å². The number of nitrogens with zero attached hydrogens (tertiary/aromatic N) is 2. The van der Waals surface area contributed by atoms with Crippen LogP contribution in [0.3, 0.4) is 0 Å². The zero-order valence-electron chi connectivity index (χ0n) is 16.2. The maximum absolute atomic E-state index is 12.2. The maximum Gasteiger partial charge on any atom is 0.287 e. The molecule has 2 aromatic heterocycles. The van der Waals surface area contributed by atoms with Gasteiger partial charge >= 0.3 is 0 Å². The highest BCUT2D eigenvalue weighted by molar-refractivity contribution is 5.92. The van der Waals surface area contributed by atoms with Crippen LogP contribution in [0.2, 0.25) is 0 Å². The molecule has 1 fully saturated rings. The Bertz CT molecular complexity index is 774. The molecule has 7 heteroatoms.